The molecular weight excluding hydrogens is 390 g/mol. The molecule has 7 nitrogen and oxygen atoms in total. The van der Waals surface area contributed by atoms with Crippen molar-refractivity contribution in [3.05, 3.63) is 46.8 Å². The van der Waals surface area contributed by atoms with Gasteiger partial charge < -0.3 is 9.30 Å². The van der Waals surface area contributed by atoms with Gasteiger partial charge in [0.05, 0.1) is 13.7 Å². The van der Waals surface area contributed by atoms with Gasteiger partial charge in [-0.15, -0.1) is 0 Å². The normalized spacial score (nSPS) is 16.2. The molecule has 3 rings (SSSR count). The Morgan fingerprint density at radius 2 is 1.72 bits per heavy atom. The lowest BCUT2D eigenvalue weighted by atomic mass is 10.1. The molecule has 1 saturated heterocycles. The summed E-state index contributed by atoms with van der Waals surface area (Å²) < 4.78 is 35.0. The third-order valence-corrected chi connectivity index (χ3v) is 7.63. The third-order valence-electron chi connectivity index (χ3n) is 5.71. The van der Waals surface area contributed by atoms with Crippen LogP contribution in [0.5, 0.6) is 5.75 Å². The largest absolute Gasteiger partial charge is 0.495 e. The van der Waals surface area contributed by atoms with Crippen LogP contribution in [0.25, 0.3) is 0 Å². The molecule has 0 aliphatic carbocycles. The van der Waals surface area contributed by atoms with Crippen LogP contribution in [0.4, 0.5) is 0 Å². The van der Waals surface area contributed by atoms with E-state index in [0.29, 0.717) is 38.5 Å². The molecule has 0 saturated carbocycles. The van der Waals surface area contributed by atoms with Crippen molar-refractivity contribution in [2.75, 3.05) is 39.8 Å². The van der Waals surface area contributed by atoms with Crippen LogP contribution in [0.2, 0.25) is 0 Å². The Kier molecular flexibility index (Phi) is 6.16. The number of Topliss-reactive ketones (excluding diaryl/α,β-unsaturated/α-hetero) is 1. The maximum atomic E-state index is 13.1. The van der Waals surface area contributed by atoms with Crippen LogP contribution in [0, 0.1) is 20.8 Å². The van der Waals surface area contributed by atoms with Gasteiger partial charge in [-0.2, -0.15) is 4.31 Å². The van der Waals surface area contributed by atoms with Crippen LogP contribution in [0.3, 0.4) is 0 Å². The highest BCUT2D eigenvalue weighted by Gasteiger charge is 2.31. The zero-order valence-electron chi connectivity index (χ0n) is 17.7. The highest BCUT2D eigenvalue weighted by molar-refractivity contribution is 7.89. The zero-order valence-corrected chi connectivity index (χ0v) is 18.5. The number of benzene rings is 1. The van der Waals surface area contributed by atoms with Crippen molar-refractivity contribution in [2.45, 2.75) is 25.7 Å². The summed E-state index contributed by atoms with van der Waals surface area (Å²) in [5.74, 6) is 0.422. The van der Waals surface area contributed by atoms with Gasteiger partial charge in [-0.25, -0.2) is 8.42 Å². The van der Waals surface area contributed by atoms with Crippen LogP contribution in [0.1, 0.15) is 27.3 Å². The Labute approximate surface area is 172 Å². The lowest BCUT2D eigenvalue weighted by Gasteiger charge is -2.33. The minimum atomic E-state index is -3.65. The molecule has 1 fully saturated rings. The number of rotatable bonds is 6. The van der Waals surface area contributed by atoms with E-state index >= 15 is 0 Å². The fraction of sp³-hybridized carbons (Fsp3) is 0.476. The van der Waals surface area contributed by atoms with E-state index in [1.54, 1.807) is 12.1 Å². The summed E-state index contributed by atoms with van der Waals surface area (Å²) >= 11 is 0. The second-order valence-corrected chi connectivity index (χ2v) is 9.51. The monoisotopic (exact) mass is 419 g/mol. The van der Waals surface area contributed by atoms with E-state index in [1.807, 2.05) is 49.4 Å². The molecule has 1 aliphatic heterocycles. The SMILES string of the molecule is COc1ccc(C)cc1S(=O)(=O)N1CCN(CC(=O)c2cc(C)n(C)c2C)CC1. The number of carbonyl (C=O) groups excluding carboxylic acids is 1. The highest BCUT2D eigenvalue weighted by atomic mass is 32.2. The van der Waals surface area contributed by atoms with Gasteiger partial charge in [-0.1, -0.05) is 6.07 Å². The maximum absolute atomic E-state index is 13.1. The molecule has 29 heavy (non-hydrogen) atoms. The number of carbonyl (C=O) groups is 1. The van der Waals surface area contributed by atoms with Gasteiger partial charge in [0, 0.05) is 50.2 Å². The van der Waals surface area contributed by atoms with E-state index in [4.69, 9.17) is 4.74 Å². The molecule has 0 N–H and O–H groups in total. The third kappa shape index (κ3) is 4.24. The van der Waals surface area contributed by atoms with Crippen LogP contribution in [-0.4, -0.2) is 67.8 Å². The number of methoxy groups -OCH3 is 1. The minimum Gasteiger partial charge on any atom is -0.495 e. The number of hydrogen-bond acceptors (Lipinski definition) is 5. The average Bonchev–Trinajstić information content (AvgIpc) is 2.96. The second-order valence-electron chi connectivity index (χ2n) is 7.60. The number of ether oxygens (including phenoxy) is 1. The molecule has 2 aromatic rings. The lowest BCUT2D eigenvalue weighted by molar-refractivity contribution is 0.0901. The first-order valence-corrected chi connectivity index (χ1v) is 11.1. The molecule has 0 radical (unpaired) electrons. The molecule has 0 atom stereocenters. The van der Waals surface area contributed by atoms with Crippen molar-refractivity contribution >= 4 is 15.8 Å². The molecule has 2 heterocycles. The topological polar surface area (TPSA) is 71.9 Å². The smallest absolute Gasteiger partial charge is 0.246 e. The van der Waals surface area contributed by atoms with Crippen LogP contribution >= 0.6 is 0 Å². The second kappa shape index (κ2) is 8.30. The molecule has 1 aromatic carbocycles. The maximum Gasteiger partial charge on any atom is 0.246 e. The Morgan fingerprint density at radius 3 is 2.28 bits per heavy atom. The van der Waals surface area contributed by atoms with Gasteiger partial charge in [0.2, 0.25) is 10.0 Å². The average molecular weight is 420 g/mol. The molecule has 0 unspecified atom stereocenters. The van der Waals surface area contributed by atoms with Crippen molar-refractivity contribution in [3.63, 3.8) is 0 Å². The van der Waals surface area contributed by atoms with Crippen molar-refractivity contribution in [1.29, 1.82) is 0 Å². The Morgan fingerprint density at radius 1 is 1.07 bits per heavy atom. The van der Waals surface area contributed by atoms with Gasteiger partial charge in [0.25, 0.3) is 0 Å². The predicted octanol–water partition coefficient (Wildman–Crippen LogP) is 2.15. The van der Waals surface area contributed by atoms with Gasteiger partial charge in [0.1, 0.15) is 10.6 Å². The van der Waals surface area contributed by atoms with E-state index in [0.717, 1.165) is 22.5 Å². The standard InChI is InChI=1S/C21H29N3O4S/c1-15-6-7-20(28-5)21(12-15)29(26,27)24-10-8-23(9-11-24)14-19(25)18-13-16(2)22(4)17(18)3/h6-7,12-13H,8-11,14H2,1-5H3. The number of ketones is 1. The molecule has 0 amide bonds. The first kappa shape index (κ1) is 21.5. The van der Waals surface area contributed by atoms with Gasteiger partial charge in [0.15, 0.2) is 5.78 Å². The van der Waals surface area contributed by atoms with Gasteiger partial charge >= 0.3 is 0 Å². The molecule has 8 heteroatoms. The van der Waals surface area contributed by atoms with Crippen LogP contribution in [0.15, 0.2) is 29.2 Å². The number of piperazine rings is 1. The molecule has 0 bridgehead atoms. The van der Waals surface area contributed by atoms with E-state index < -0.39 is 10.0 Å². The highest BCUT2D eigenvalue weighted by Crippen LogP contribution is 2.28. The molecule has 1 aliphatic rings. The van der Waals surface area contributed by atoms with Crippen molar-refractivity contribution in [2.24, 2.45) is 7.05 Å². The van der Waals surface area contributed by atoms with Crippen molar-refractivity contribution in [1.82, 2.24) is 13.8 Å². The summed E-state index contributed by atoms with van der Waals surface area (Å²) in [6, 6.07) is 7.07. The fourth-order valence-corrected chi connectivity index (χ4v) is 5.34. The number of aryl methyl sites for hydroxylation is 2. The zero-order chi connectivity index (χ0) is 21.3. The molecular formula is C21H29N3O4S. The van der Waals surface area contributed by atoms with E-state index in [-0.39, 0.29) is 10.7 Å². The summed E-state index contributed by atoms with van der Waals surface area (Å²) in [6.45, 7) is 7.81. The van der Waals surface area contributed by atoms with Crippen molar-refractivity contribution in [3.8, 4) is 5.75 Å². The van der Waals surface area contributed by atoms with Crippen molar-refractivity contribution < 1.29 is 17.9 Å². The summed E-state index contributed by atoms with van der Waals surface area (Å²) in [5.41, 5.74) is 3.61. The fourth-order valence-electron chi connectivity index (χ4n) is 3.68. The summed E-state index contributed by atoms with van der Waals surface area (Å²) in [4.78, 5) is 14.9. The number of hydrogen-bond donors (Lipinski definition) is 0. The summed E-state index contributed by atoms with van der Waals surface area (Å²) in [5, 5.41) is 0. The Balaban J connectivity index is 1.68. The number of sulfonamides is 1. The lowest BCUT2D eigenvalue weighted by Crippen LogP contribution is -2.49. The van der Waals surface area contributed by atoms with E-state index in [2.05, 4.69) is 0 Å². The summed E-state index contributed by atoms with van der Waals surface area (Å²) in [6.07, 6.45) is 0. The quantitative estimate of drug-likeness (QED) is 0.671. The Hall–Kier alpha value is -2.16. The van der Waals surface area contributed by atoms with Crippen LogP contribution < -0.4 is 4.74 Å². The van der Waals surface area contributed by atoms with E-state index in [1.165, 1.54) is 11.4 Å². The van der Waals surface area contributed by atoms with Gasteiger partial charge in [-0.3, -0.25) is 9.69 Å². The molecule has 0 spiro atoms. The summed E-state index contributed by atoms with van der Waals surface area (Å²) in [7, 11) is -0.225. The number of nitrogens with zero attached hydrogens (tertiary/aromatic N) is 3. The number of aromatic nitrogens is 1. The Bertz CT molecular complexity index is 1020. The molecule has 1 aromatic heterocycles. The van der Waals surface area contributed by atoms with E-state index in [9.17, 15) is 13.2 Å². The first-order chi connectivity index (χ1) is 13.6. The predicted molar refractivity (Wildman–Crippen MR) is 112 cm³/mol. The minimum absolute atomic E-state index is 0.0721. The first-order valence-electron chi connectivity index (χ1n) is 9.68. The van der Waals surface area contributed by atoms with Gasteiger partial charge in [-0.05, 0) is 44.5 Å². The molecule has 158 valence electrons. The van der Waals surface area contributed by atoms with Crippen LogP contribution in [-0.2, 0) is 17.1 Å².